The first-order chi connectivity index (χ1) is 8.78. The lowest BCUT2D eigenvalue weighted by molar-refractivity contribution is -0.117. The lowest BCUT2D eigenvalue weighted by Gasteiger charge is -2.21. The monoisotopic (exact) mass is 264 g/mol. The second-order valence-corrected chi connectivity index (χ2v) is 5.55. The van der Waals surface area contributed by atoms with Crippen LogP contribution in [0.5, 0.6) is 0 Å². The quantitative estimate of drug-likeness (QED) is 0.822. The molecule has 2 N–H and O–H groups in total. The van der Waals surface area contributed by atoms with E-state index in [4.69, 9.17) is 0 Å². The second-order valence-electron chi connectivity index (χ2n) is 4.67. The van der Waals surface area contributed by atoms with Gasteiger partial charge in [0.2, 0.25) is 5.91 Å². The van der Waals surface area contributed by atoms with Crippen LogP contribution in [0.1, 0.15) is 19.3 Å². The standard InChI is InChI=1S/C14H20N2OS/c1-18-13-4-2-12(3-5-13)16-14(17)10-11-6-8-15-9-7-11/h2-5,11,15H,6-10H2,1H3,(H,16,17). The summed E-state index contributed by atoms with van der Waals surface area (Å²) >= 11 is 1.71. The molecule has 0 unspecified atom stereocenters. The lowest BCUT2D eigenvalue weighted by atomic mass is 9.94. The number of hydrogen-bond acceptors (Lipinski definition) is 3. The van der Waals surface area contributed by atoms with Gasteiger partial charge in [-0.3, -0.25) is 4.79 Å². The number of piperidine rings is 1. The maximum absolute atomic E-state index is 11.9. The maximum Gasteiger partial charge on any atom is 0.224 e. The van der Waals surface area contributed by atoms with Crippen molar-refractivity contribution in [2.45, 2.75) is 24.2 Å². The van der Waals surface area contributed by atoms with Crippen LogP contribution in [-0.4, -0.2) is 25.3 Å². The molecule has 1 aromatic carbocycles. The minimum Gasteiger partial charge on any atom is -0.326 e. The van der Waals surface area contributed by atoms with E-state index in [2.05, 4.69) is 10.6 Å². The van der Waals surface area contributed by atoms with Crippen LogP contribution in [0.4, 0.5) is 5.69 Å². The Hall–Kier alpha value is -1.00. The lowest BCUT2D eigenvalue weighted by Crippen LogP contribution is -2.30. The van der Waals surface area contributed by atoms with Gasteiger partial charge in [0, 0.05) is 17.0 Å². The van der Waals surface area contributed by atoms with E-state index >= 15 is 0 Å². The average molecular weight is 264 g/mol. The van der Waals surface area contributed by atoms with Gasteiger partial charge in [-0.15, -0.1) is 11.8 Å². The van der Waals surface area contributed by atoms with Crippen LogP contribution in [0.25, 0.3) is 0 Å². The van der Waals surface area contributed by atoms with Crippen molar-refractivity contribution < 1.29 is 4.79 Å². The molecule has 1 aromatic rings. The molecule has 0 bridgehead atoms. The topological polar surface area (TPSA) is 41.1 Å². The van der Waals surface area contributed by atoms with Crippen molar-refractivity contribution in [2.24, 2.45) is 5.92 Å². The number of carbonyl (C=O) groups is 1. The predicted molar refractivity (Wildman–Crippen MR) is 77.1 cm³/mol. The van der Waals surface area contributed by atoms with Crippen LogP contribution in [0, 0.1) is 5.92 Å². The third kappa shape index (κ3) is 4.03. The first-order valence-electron chi connectivity index (χ1n) is 6.42. The Labute approximate surface area is 113 Å². The van der Waals surface area contributed by atoms with Gasteiger partial charge in [0.15, 0.2) is 0 Å². The summed E-state index contributed by atoms with van der Waals surface area (Å²) in [4.78, 5) is 13.1. The molecule has 0 saturated carbocycles. The summed E-state index contributed by atoms with van der Waals surface area (Å²) in [5, 5.41) is 6.29. The van der Waals surface area contributed by atoms with Gasteiger partial charge < -0.3 is 10.6 Å². The highest BCUT2D eigenvalue weighted by Gasteiger charge is 2.16. The first kappa shape index (κ1) is 13.4. The molecular weight excluding hydrogens is 244 g/mol. The maximum atomic E-state index is 11.9. The van der Waals surface area contributed by atoms with Crippen LogP contribution in [0.15, 0.2) is 29.2 Å². The predicted octanol–water partition coefficient (Wildman–Crippen LogP) is 2.74. The highest BCUT2D eigenvalue weighted by Crippen LogP contribution is 2.19. The molecule has 4 heteroatoms. The Kier molecular flexibility index (Phi) is 5.08. The molecule has 1 heterocycles. The van der Waals surface area contributed by atoms with Crippen LogP contribution in [0.3, 0.4) is 0 Å². The Balaban J connectivity index is 1.82. The molecule has 3 nitrogen and oxygen atoms in total. The molecule has 0 aromatic heterocycles. The molecule has 18 heavy (non-hydrogen) atoms. The van der Waals surface area contributed by atoms with Crippen LogP contribution < -0.4 is 10.6 Å². The molecule has 1 saturated heterocycles. The molecule has 0 spiro atoms. The number of nitrogens with one attached hydrogen (secondary N) is 2. The van der Waals surface area contributed by atoms with E-state index in [1.165, 1.54) is 4.90 Å². The second kappa shape index (κ2) is 6.81. The zero-order chi connectivity index (χ0) is 12.8. The highest BCUT2D eigenvalue weighted by molar-refractivity contribution is 7.98. The summed E-state index contributed by atoms with van der Waals surface area (Å²) in [7, 11) is 0. The van der Waals surface area contributed by atoms with Crippen molar-refractivity contribution in [1.82, 2.24) is 5.32 Å². The zero-order valence-electron chi connectivity index (χ0n) is 10.7. The van der Waals surface area contributed by atoms with Crippen molar-refractivity contribution in [3.05, 3.63) is 24.3 Å². The third-order valence-electron chi connectivity index (χ3n) is 3.31. The van der Waals surface area contributed by atoms with E-state index in [9.17, 15) is 4.79 Å². The Morgan fingerprint density at radius 3 is 2.61 bits per heavy atom. The van der Waals surface area contributed by atoms with Crippen LogP contribution in [0.2, 0.25) is 0 Å². The number of amides is 1. The van der Waals surface area contributed by atoms with Crippen molar-refractivity contribution in [2.75, 3.05) is 24.7 Å². The fourth-order valence-corrected chi connectivity index (χ4v) is 2.64. The number of rotatable bonds is 4. The van der Waals surface area contributed by atoms with E-state index in [0.717, 1.165) is 31.6 Å². The Morgan fingerprint density at radius 2 is 2.00 bits per heavy atom. The van der Waals surface area contributed by atoms with Gasteiger partial charge in [-0.1, -0.05) is 0 Å². The minimum absolute atomic E-state index is 0.138. The van der Waals surface area contributed by atoms with E-state index in [1.807, 2.05) is 30.5 Å². The van der Waals surface area contributed by atoms with Gasteiger partial charge in [-0.2, -0.15) is 0 Å². The number of hydrogen-bond donors (Lipinski definition) is 2. The Morgan fingerprint density at radius 1 is 1.33 bits per heavy atom. The molecule has 98 valence electrons. The fraction of sp³-hybridized carbons (Fsp3) is 0.500. The van der Waals surface area contributed by atoms with Gasteiger partial charge in [0.1, 0.15) is 0 Å². The SMILES string of the molecule is CSc1ccc(NC(=O)CC2CCNCC2)cc1. The largest absolute Gasteiger partial charge is 0.326 e. The number of thioether (sulfide) groups is 1. The number of benzene rings is 1. The molecule has 0 radical (unpaired) electrons. The molecule has 1 fully saturated rings. The van der Waals surface area contributed by atoms with E-state index in [1.54, 1.807) is 11.8 Å². The van der Waals surface area contributed by atoms with Gasteiger partial charge in [-0.25, -0.2) is 0 Å². The average Bonchev–Trinajstić information content (AvgIpc) is 2.40. The van der Waals surface area contributed by atoms with Gasteiger partial charge >= 0.3 is 0 Å². The number of carbonyl (C=O) groups excluding carboxylic acids is 1. The van der Waals surface area contributed by atoms with E-state index in [0.29, 0.717) is 12.3 Å². The highest BCUT2D eigenvalue weighted by atomic mass is 32.2. The van der Waals surface area contributed by atoms with Crippen molar-refractivity contribution in [3.63, 3.8) is 0 Å². The van der Waals surface area contributed by atoms with Crippen LogP contribution in [-0.2, 0) is 4.79 Å². The summed E-state index contributed by atoms with van der Waals surface area (Å²) in [6.45, 7) is 2.08. The summed E-state index contributed by atoms with van der Waals surface area (Å²) in [6.07, 6.45) is 4.91. The molecule has 1 amide bonds. The minimum atomic E-state index is 0.138. The molecular formula is C14H20N2OS. The molecule has 1 aliphatic heterocycles. The molecule has 1 aliphatic rings. The van der Waals surface area contributed by atoms with Gasteiger partial charge in [-0.05, 0) is 62.4 Å². The van der Waals surface area contributed by atoms with Gasteiger partial charge in [0.25, 0.3) is 0 Å². The number of anilines is 1. The Bertz CT molecular complexity index is 385. The first-order valence-corrected chi connectivity index (χ1v) is 7.65. The summed E-state index contributed by atoms with van der Waals surface area (Å²) in [5.41, 5.74) is 0.895. The van der Waals surface area contributed by atoms with Crippen molar-refractivity contribution >= 4 is 23.4 Å². The zero-order valence-corrected chi connectivity index (χ0v) is 11.6. The molecule has 0 atom stereocenters. The molecule has 0 aliphatic carbocycles. The summed E-state index contributed by atoms with van der Waals surface area (Å²) in [5.74, 6) is 0.676. The normalized spacial score (nSPS) is 16.5. The van der Waals surface area contributed by atoms with E-state index in [-0.39, 0.29) is 5.91 Å². The van der Waals surface area contributed by atoms with Crippen LogP contribution >= 0.6 is 11.8 Å². The fourth-order valence-electron chi connectivity index (χ4n) is 2.23. The van der Waals surface area contributed by atoms with Crippen molar-refractivity contribution in [3.8, 4) is 0 Å². The van der Waals surface area contributed by atoms with Gasteiger partial charge in [0.05, 0.1) is 0 Å². The van der Waals surface area contributed by atoms with E-state index < -0.39 is 0 Å². The molecule has 2 rings (SSSR count). The van der Waals surface area contributed by atoms with Crippen molar-refractivity contribution in [1.29, 1.82) is 0 Å². The summed E-state index contributed by atoms with van der Waals surface area (Å²) in [6, 6.07) is 7.99. The summed E-state index contributed by atoms with van der Waals surface area (Å²) < 4.78 is 0. The third-order valence-corrected chi connectivity index (χ3v) is 4.05. The smallest absolute Gasteiger partial charge is 0.224 e.